The van der Waals surface area contributed by atoms with E-state index in [4.69, 9.17) is 4.98 Å². The van der Waals surface area contributed by atoms with E-state index in [0.717, 1.165) is 40.6 Å². The highest BCUT2D eigenvalue weighted by Crippen LogP contribution is 2.35. The summed E-state index contributed by atoms with van der Waals surface area (Å²) in [5.74, 6) is -0.188. The molecule has 0 unspecified atom stereocenters. The first-order valence-corrected chi connectivity index (χ1v) is 11.1. The highest BCUT2D eigenvalue weighted by Gasteiger charge is 2.23. The van der Waals surface area contributed by atoms with Gasteiger partial charge in [0, 0.05) is 11.4 Å². The second-order valence-corrected chi connectivity index (χ2v) is 9.16. The molecule has 0 radical (unpaired) electrons. The Morgan fingerprint density at radius 3 is 2.93 bits per heavy atom. The maximum atomic E-state index is 13.2. The van der Waals surface area contributed by atoms with Crippen molar-refractivity contribution in [3.63, 3.8) is 0 Å². The summed E-state index contributed by atoms with van der Waals surface area (Å²) in [4.78, 5) is 32.3. The Morgan fingerprint density at radius 1 is 1.38 bits per heavy atom. The number of thiophene rings is 1. The van der Waals surface area contributed by atoms with Gasteiger partial charge in [0.2, 0.25) is 5.91 Å². The number of nitrogens with one attached hydrogen (secondary N) is 1. The zero-order chi connectivity index (χ0) is 20.5. The fourth-order valence-corrected chi connectivity index (χ4v) is 5.57. The molecule has 0 spiro atoms. The van der Waals surface area contributed by atoms with E-state index in [1.807, 2.05) is 6.92 Å². The van der Waals surface area contributed by atoms with Crippen LogP contribution in [0.4, 0.5) is 5.69 Å². The van der Waals surface area contributed by atoms with E-state index in [0.29, 0.717) is 17.4 Å². The summed E-state index contributed by atoms with van der Waals surface area (Å²) in [5, 5.41) is 13.7. The molecule has 2 N–H and O–H groups in total. The van der Waals surface area contributed by atoms with Gasteiger partial charge in [-0.25, -0.2) is 4.98 Å². The number of aromatic hydroxyl groups is 1. The molecule has 1 aliphatic rings. The van der Waals surface area contributed by atoms with Crippen molar-refractivity contribution < 1.29 is 9.90 Å². The molecule has 1 aromatic carbocycles. The molecule has 3 aromatic rings. The number of hydrogen-bond donors (Lipinski definition) is 2. The zero-order valence-electron chi connectivity index (χ0n) is 16.0. The number of carbonyl (C=O) groups is 1. The summed E-state index contributed by atoms with van der Waals surface area (Å²) in [6.07, 6.45) is 3.01. The molecule has 0 saturated carbocycles. The second-order valence-electron chi connectivity index (χ2n) is 7.13. The summed E-state index contributed by atoms with van der Waals surface area (Å²) in [6.45, 7) is 6.17. The topological polar surface area (TPSA) is 84.2 Å². The molecule has 0 atom stereocenters. The largest absolute Gasteiger partial charge is 0.506 e. The van der Waals surface area contributed by atoms with Gasteiger partial charge in [0.25, 0.3) is 5.56 Å². The lowest BCUT2D eigenvalue weighted by Gasteiger charge is -2.12. The van der Waals surface area contributed by atoms with Crippen molar-refractivity contribution in [1.29, 1.82) is 0 Å². The number of rotatable bonds is 6. The lowest BCUT2D eigenvalue weighted by atomic mass is 10.2. The number of para-hydroxylation sites is 2. The van der Waals surface area contributed by atoms with Crippen LogP contribution in [0.2, 0.25) is 0 Å². The van der Waals surface area contributed by atoms with E-state index in [2.05, 4.69) is 11.9 Å². The van der Waals surface area contributed by atoms with Crippen molar-refractivity contribution in [2.24, 2.45) is 0 Å². The molecule has 0 aliphatic heterocycles. The van der Waals surface area contributed by atoms with Gasteiger partial charge in [-0.15, -0.1) is 11.3 Å². The fraction of sp³-hybridized carbons (Fsp3) is 0.286. The number of benzene rings is 1. The Bertz CT molecular complexity index is 1180. The molecular formula is C21H21N3O3S2. The van der Waals surface area contributed by atoms with E-state index >= 15 is 0 Å². The maximum absolute atomic E-state index is 13.2. The normalized spacial score (nSPS) is 12.9. The summed E-state index contributed by atoms with van der Waals surface area (Å²) < 4.78 is 1.62. The molecule has 8 heteroatoms. The van der Waals surface area contributed by atoms with Gasteiger partial charge in [0.15, 0.2) is 5.16 Å². The van der Waals surface area contributed by atoms with Crippen molar-refractivity contribution in [2.45, 2.75) is 37.9 Å². The van der Waals surface area contributed by atoms with Crippen LogP contribution in [0.5, 0.6) is 5.75 Å². The molecule has 6 nitrogen and oxygen atoms in total. The molecule has 2 heterocycles. The third kappa shape index (κ3) is 3.95. The zero-order valence-corrected chi connectivity index (χ0v) is 17.7. The average Bonchev–Trinajstić information content (AvgIpc) is 3.25. The predicted molar refractivity (Wildman–Crippen MR) is 118 cm³/mol. The molecule has 1 amide bonds. The fourth-order valence-electron chi connectivity index (χ4n) is 3.47. The van der Waals surface area contributed by atoms with Gasteiger partial charge in [-0.05, 0) is 43.9 Å². The van der Waals surface area contributed by atoms with Crippen LogP contribution in [0, 0.1) is 0 Å². The number of anilines is 1. The average molecular weight is 428 g/mol. The van der Waals surface area contributed by atoms with E-state index < -0.39 is 0 Å². The SMILES string of the molecule is C=C(C)Cn1c(SCC(=O)Nc2ccccc2O)nc2sc3c(c2c1=O)CCC3. The summed E-state index contributed by atoms with van der Waals surface area (Å²) in [5.41, 5.74) is 2.30. The number of nitrogens with zero attached hydrogens (tertiary/aromatic N) is 2. The molecule has 4 rings (SSSR count). The summed E-state index contributed by atoms with van der Waals surface area (Å²) in [6, 6.07) is 6.57. The van der Waals surface area contributed by atoms with Gasteiger partial charge >= 0.3 is 0 Å². The minimum atomic E-state index is -0.276. The van der Waals surface area contributed by atoms with Crippen LogP contribution >= 0.6 is 23.1 Å². The van der Waals surface area contributed by atoms with Crippen LogP contribution in [-0.2, 0) is 24.2 Å². The van der Waals surface area contributed by atoms with Gasteiger partial charge in [0.1, 0.15) is 10.6 Å². The molecule has 29 heavy (non-hydrogen) atoms. The first-order valence-electron chi connectivity index (χ1n) is 9.34. The van der Waals surface area contributed by atoms with Gasteiger partial charge in [0.05, 0.1) is 16.8 Å². The van der Waals surface area contributed by atoms with Crippen LogP contribution < -0.4 is 10.9 Å². The Kier molecular flexibility index (Phi) is 5.47. The van der Waals surface area contributed by atoms with Crippen LogP contribution in [-0.4, -0.2) is 26.3 Å². The van der Waals surface area contributed by atoms with Crippen molar-refractivity contribution >= 4 is 44.9 Å². The van der Waals surface area contributed by atoms with E-state index in [1.165, 1.54) is 22.7 Å². The molecule has 1 aliphatic carbocycles. The van der Waals surface area contributed by atoms with Gasteiger partial charge in [-0.1, -0.05) is 36.0 Å². The molecule has 0 bridgehead atoms. The number of aryl methyl sites for hydroxylation is 2. The Balaban J connectivity index is 1.62. The number of amides is 1. The molecule has 0 fully saturated rings. The number of allylic oxidation sites excluding steroid dienone is 1. The number of phenolic OH excluding ortho intramolecular Hbond substituents is 1. The molecule has 0 saturated heterocycles. The Hall–Kier alpha value is -2.58. The number of carbonyl (C=O) groups excluding carboxylic acids is 1. The number of hydrogen-bond acceptors (Lipinski definition) is 6. The number of aromatic nitrogens is 2. The van der Waals surface area contributed by atoms with Crippen molar-refractivity contribution in [3.8, 4) is 5.75 Å². The first kappa shape index (κ1) is 19.7. The van der Waals surface area contributed by atoms with Crippen LogP contribution in [0.3, 0.4) is 0 Å². The molecular weight excluding hydrogens is 406 g/mol. The minimum absolute atomic E-state index is 0.0117. The lowest BCUT2D eigenvalue weighted by molar-refractivity contribution is -0.113. The van der Waals surface area contributed by atoms with E-state index in [1.54, 1.807) is 34.1 Å². The molecule has 2 aromatic heterocycles. The summed E-state index contributed by atoms with van der Waals surface area (Å²) >= 11 is 2.80. The van der Waals surface area contributed by atoms with Crippen molar-refractivity contribution in [2.75, 3.05) is 11.1 Å². The second kappa shape index (κ2) is 8.04. The van der Waals surface area contributed by atoms with Crippen molar-refractivity contribution in [1.82, 2.24) is 9.55 Å². The highest BCUT2D eigenvalue weighted by atomic mass is 32.2. The monoisotopic (exact) mass is 427 g/mol. The third-order valence-corrected chi connectivity index (χ3v) is 6.89. The quantitative estimate of drug-likeness (QED) is 0.269. The van der Waals surface area contributed by atoms with E-state index in [9.17, 15) is 14.7 Å². The predicted octanol–water partition coefficient (Wildman–Crippen LogP) is 3.96. The van der Waals surface area contributed by atoms with Crippen molar-refractivity contribution in [3.05, 3.63) is 57.2 Å². The van der Waals surface area contributed by atoms with Gasteiger partial charge in [-0.3, -0.25) is 14.2 Å². The number of fused-ring (bicyclic) bond motifs is 3. The van der Waals surface area contributed by atoms with Gasteiger partial charge in [-0.2, -0.15) is 0 Å². The van der Waals surface area contributed by atoms with E-state index in [-0.39, 0.29) is 23.0 Å². The smallest absolute Gasteiger partial charge is 0.263 e. The Labute approximate surface area is 176 Å². The van der Waals surface area contributed by atoms with Crippen LogP contribution in [0.1, 0.15) is 23.8 Å². The van der Waals surface area contributed by atoms with Gasteiger partial charge < -0.3 is 10.4 Å². The number of phenols is 1. The highest BCUT2D eigenvalue weighted by molar-refractivity contribution is 7.99. The standard InChI is InChI=1S/C21H21N3O3S2/c1-12(2)10-24-20(27)18-13-6-5-9-16(13)29-19(18)23-21(24)28-11-17(26)22-14-7-3-4-8-15(14)25/h3-4,7-8,25H,1,5-6,9-11H2,2H3,(H,22,26). The van der Waals surface area contributed by atoms with Crippen LogP contribution in [0.15, 0.2) is 46.4 Å². The third-order valence-electron chi connectivity index (χ3n) is 4.73. The van der Waals surface area contributed by atoms with Crippen LogP contribution in [0.25, 0.3) is 10.2 Å². The minimum Gasteiger partial charge on any atom is -0.506 e. The number of thioether (sulfide) groups is 1. The Morgan fingerprint density at radius 2 is 2.17 bits per heavy atom. The summed E-state index contributed by atoms with van der Waals surface area (Å²) in [7, 11) is 0. The molecule has 150 valence electrons. The first-order chi connectivity index (χ1) is 13.9. The lowest BCUT2D eigenvalue weighted by Crippen LogP contribution is -2.24. The maximum Gasteiger partial charge on any atom is 0.263 e.